The standard InChI is InChI=1S/C14H15N3O2S2/c1-19-12(18)7-11-8-17(14(15)20)16-13(11)21-9-10-5-3-2-4-6-10/h2-6,8H,7,9H2,1H3,(H2,15,20). The van der Waals surface area contributed by atoms with Crippen LogP contribution in [-0.2, 0) is 21.7 Å². The Morgan fingerprint density at radius 2 is 2.14 bits per heavy atom. The Hall–Kier alpha value is -1.86. The Balaban J connectivity index is 2.16. The molecule has 110 valence electrons. The molecule has 0 aliphatic heterocycles. The van der Waals surface area contributed by atoms with Gasteiger partial charge in [0.15, 0.2) is 5.11 Å². The summed E-state index contributed by atoms with van der Waals surface area (Å²) < 4.78 is 6.10. The second-order valence-corrected chi connectivity index (χ2v) is 5.65. The summed E-state index contributed by atoms with van der Waals surface area (Å²) in [4.78, 5) is 11.5. The van der Waals surface area contributed by atoms with E-state index in [1.807, 2.05) is 30.3 Å². The van der Waals surface area contributed by atoms with E-state index in [4.69, 9.17) is 22.7 Å². The maximum Gasteiger partial charge on any atom is 0.310 e. The zero-order valence-corrected chi connectivity index (χ0v) is 13.1. The van der Waals surface area contributed by atoms with Gasteiger partial charge in [0.1, 0.15) is 5.03 Å². The largest absolute Gasteiger partial charge is 0.469 e. The molecule has 0 saturated heterocycles. The molecule has 0 saturated carbocycles. The molecule has 0 unspecified atom stereocenters. The maximum absolute atomic E-state index is 11.5. The van der Waals surface area contributed by atoms with Crippen molar-refractivity contribution in [3.8, 4) is 0 Å². The predicted molar refractivity (Wildman–Crippen MR) is 86.1 cm³/mol. The molecule has 0 bridgehead atoms. The summed E-state index contributed by atoms with van der Waals surface area (Å²) in [5, 5.41) is 5.20. The molecule has 1 aromatic carbocycles. The van der Waals surface area contributed by atoms with E-state index in [1.54, 1.807) is 6.20 Å². The van der Waals surface area contributed by atoms with Gasteiger partial charge < -0.3 is 10.5 Å². The zero-order valence-electron chi connectivity index (χ0n) is 11.5. The number of carbonyl (C=O) groups is 1. The Labute approximate surface area is 132 Å². The average molecular weight is 321 g/mol. The van der Waals surface area contributed by atoms with Crippen LogP contribution in [0.4, 0.5) is 0 Å². The van der Waals surface area contributed by atoms with Gasteiger partial charge in [0.2, 0.25) is 0 Å². The van der Waals surface area contributed by atoms with E-state index in [0.717, 1.165) is 16.3 Å². The van der Waals surface area contributed by atoms with Crippen LogP contribution in [0.2, 0.25) is 0 Å². The van der Waals surface area contributed by atoms with Gasteiger partial charge in [0.25, 0.3) is 0 Å². The molecule has 0 aliphatic carbocycles. The second-order valence-electron chi connectivity index (χ2n) is 4.27. The van der Waals surface area contributed by atoms with Crippen LogP contribution in [0.5, 0.6) is 0 Å². The number of hydrogen-bond donors (Lipinski definition) is 1. The SMILES string of the molecule is COC(=O)Cc1cn(C(N)=S)nc1SCc1ccccc1. The van der Waals surface area contributed by atoms with E-state index < -0.39 is 0 Å². The fourth-order valence-electron chi connectivity index (χ4n) is 1.70. The number of aromatic nitrogens is 2. The molecule has 21 heavy (non-hydrogen) atoms. The number of carbonyl (C=O) groups excluding carboxylic acids is 1. The monoisotopic (exact) mass is 321 g/mol. The van der Waals surface area contributed by atoms with Crippen molar-refractivity contribution in [2.24, 2.45) is 5.73 Å². The molecular formula is C14H15N3O2S2. The van der Waals surface area contributed by atoms with E-state index >= 15 is 0 Å². The minimum absolute atomic E-state index is 0.146. The lowest BCUT2D eigenvalue weighted by atomic mass is 10.2. The van der Waals surface area contributed by atoms with Crippen molar-refractivity contribution in [3.05, 3.63) is 47.7 Å². The van der Waals surface area contributed by atoms with Crippen LogP contribution in [-0.4, -0.2) is 28.0 Å². The van der Waals surface area contributed by atoms with Crippen molar-refractivity contribution in [2.45, 2.75) is 17.2 Å². The summed E-state index contributed by atoms with van der Waals surface area (Å²) >= 11 is 6.44. The van der Waals surface area contributed by atoms with Crippen molar-refractivity contribution >= 4 is 35.1 Å². The lowest BCUT2D eigenvalue weighted by Gasteiger charge is -2.02. The normalized spacial score (nSPS) is 10.3. The summed E-state index contributed by atoms with van der Waals surface area (Å²) in [6.45, 7) is 0. The highest BCUT2D eigenvalue weighted by Gasteiger charge is 2.14. The van der Waals surface area contributed by atoms with Crippen molar-refractivity contribution in [1.29, 1.82) is 0 Å². The van der Waals surface area contributed by atoms with Gasteiger partial charge in [0.05, 0.1) is 13.5 Å². The molecule has 0 spiro atoms. The Morgan fingerprint density at radius 1 is 1.43 bits per heavy atom. The van der Waals surface area contributed by atoms with Crippen molar-refractivity contribution < 1.29 is 9.53 Å². The van der Waals surface area contributed by atoms with Gasteiger partial charge in [-0.1, -0.05) is 42.1 Å². The first kappa shape index (κ1) is 15.5. The van der Waals surface area contributed by atoms with Gasteiger partial charge in [-0.2, -0.15) is 5.10 Å². The van der Waals surface area contributed by atoms with E-state index in [1.165, 1.54) is 29.1 Å². The van der Waals surface area contributed by atoms with Crippen LogP contribution in [0, 0.1) is 0 Å². The molecule has 5 nitrogen and oxygen atoms in total. The average Bonchev–Trinajstić information content (AvgIpc) is 2.89. The molecule has 0 radical (unpaired) electrons. The highest BCUT2D eigenvalue weighted by molar-refractivity contribution is 7.98. The molecule has 1 aromatic heterocycles. The van der Waals surface area contributed by atoms with Crippen LogP contribution < -0.4 is 5.73 Å². The van der Waals surface area contributed by atoms with Crippen molar-refractivity contribution in [1.82, 2.24) is 9.78 Å². The summed E-state index contributed by atoms with van der Waals surface area (Å²) in [5.41, 5.74) is 7.51. The number of rotatable bonds is 5. The Kier molecular flexibility index (Phi) is 5.35. The summed E-state index contributed by atoms with van der Waals surface area (Å²) in [6.07, 6.45) is 1.82. The fraction of sp³-hybridized carbons (Fsp3) is 0.214. The molecule has 7 heteroatoms. The Morgan fingerprint density at radius 3 is 2.76 bits per heavy atom. The van der Waals surface area contributed by atoms with E-state index in [0.29, 0.717) is 0 Å². The molecule has 2 rings (SSSR count). The molecule has 0 amide bonds. The molecule has 0 aliphatic rings. The van der Waals surface area contributed by atoms with Crippen molar-refractivity contribution in [2.75, 3.05) is 7.11 Å². The summed E-state index contributed by atoms with van der Waals surface area (Å²) in [7, 11) is 1.36. The Bertz CT molecular complexity index is 641. The number of hydrogen-bond acceptors (Lipinski definition) is 5. The van der Waals surface area contributed by atoms with Gasteiger partial charge in [0, 0.05) is 17.5 Å². The minimum atomic E-state index is -0.320. The third-order valence-electron chi connectivity index (χ3n) is 2.76. The number of ether oxygens (including phenoxy) is 1. The molecule has 0 atom stereocenters. The quantitative estimate of drug-likeness (QED) is 0.516. The van der Waals surface area contributed by atoms with Crippen LogP contribution in [0.25, 0.3) is 0 Å². The minimum Gasteiger partial charge on any atom is -0.469 e. The third-order valence-corrected chi connectivity index (χ3v) is 4.04. The van der Waals surface area contributed by atoms with Gasteiger partial charge in [-0.15, -0.1) is 0 Å². The highest BCUT2D eigenvalue weighted by atomic mass is 32.2. The van der Waals surface area contributed by atoms with E-state index in [2.05, 4.69) is 5.10 Å². The summed E-state index contributed by atoms with van der Waals surface area (Å²) in [6, 6.07) is 10.0. The number of thiocarbonyl (C=S) groups is 1. The number of methoxy groups -OCH3 is 1. The molecule has 1 heterocycles. The lowest BCUT2D eigenvalue weighted by Crippen LogP contribution is -2.19. The number of thioether (sulfide) groups is 1. The fourth-order valence-corrected chi connectivity index (χ4v) is 2.75. The first-order valence-corrected chi connectivity index (χ1v) is 7.61. The molecule has 2 aromatic rings. The first-order valence-electron chi connectivity index (χ1n) is 6.22. The zero-order chi connectivity index (χ0) is 15.2. The van der Waals surface area contributed by atoms with Crippen LogP contribution >= 0.6 is 24.0 Å². The predicted octanol–water partition coefficient (Wildman–Crippen LogP) is 1.98. The lowest BCUT2D eigenvalue weighted by molar-refractivity contribution is -0.139. The van der Waals surface area contributed by atoms with Gasteiger partial charge >= 0.3 is 5.97 Å². The van der Waals surface area contributed by atoms with Gasteiger partial charge in [-0.3, -0.25) is 4.79 Å². The van der Waals surface area contributed by atoms with Crippen LogP contribution in [0.1, 0.15) is 11.1 Å². The topological polar surface area (TPSA) is 70.1 Å². The van der Waals surface area contributed by atoms with Gasteiger partial charge in [-0.05, 0) is 17.8 Å². The second kappa shape index (κ2) is 7.24. The van der Waals surface area contributed by atoms with Crippen LogP contribution in [0.15, 0.2) is 41.6 Å². The van der Waals surface area contributed by atoms with E-state index in [9.17, 15) is 4.79 Å². The molecule has 2 N–H and O–H groups in total. The molecular weight excluding hydrogens is 306 g/mol. The van der Waals surface area contributed by atoms with Crippen LogP contribution in [0.3, 0.4) is 0 Å². The summed E-state index contributed by atoms with van der Waals surface area (Å²) in [5.74, 6) is 0.433. The maximum atomic E-state index is 11.5. The number of nitrogens with two attached hydrogens (primary N) is 1. The van der Waals surface area contributed by atoms with Gasteiger partial charge in [-0.25, -0.2) is 4.68 Å². The third kappa shape index (κ3) is 4.30. The smallest absolute Gasteiger partial charge is 0.310 e. The van der Waals surface area contributed by atoms with Crippen molar-refractivity contribution in [3.63, 3.8) is 0 Å². The number of nitrogens with zero attached hydrogens (tertiary/aromatic N) is 2. The van der Waals surface area contributed by atoms with E-state index in [-0.39, 0.29) is 17.5 Å². The molecule has 0 fully saturated rings. The highest BCUT2D eigenvalue weighted by Crippen LogP contribution is 2.25. The first-order chi connectivity index (χ1) is 10.1. The number of benzene rings is 1. The number of esters is 1.